The molecule has 1 N–H and O–H groups in total. The Kier molecular flexibility index (Phi) is 7.80. The number of rotatable bonds is 6. The van der Waals surface area contributed by atoms with Crippen LogP contribution < -0.4 is 9.64 Å². The van der Waals surface area contributed by atoms with Crippen molar-refractivity contribution in [3.8, 4) is 17.0 Å². The van der Waals surface area contributed by atoms with Gasteiger partial charge in [0.15, 0.2) is 17.6 Å². The predicted octanol–water partition coefficient (Wildman–Crippen LogP) is 6.30. The number of piperidine rings is 1. The van der Waals surface area contributed by atoms with Crippen LogP contribution >= 0.6 is 11.3 Å². The molecule has 1 aromatic carbocycles. The lowest BCUT2D eigenvalue weighted by atomic mass is 9.96. The average molecular weight is 591 g/mol. The number of H-pyrrole nitrogens is 1. The van der Waals surface area contributed by atoms with E-state index in [9.17, 15) is 4.79 Å². The van der Waals surface area contributed by atoms with E-state index in [0.717, 1.165) is 53.2 Å². The third-order valence-electron chi connectivity index (χ3n) is 7.97. The zero-order valence-corrected chi connectivity index (χ0v) is 25.7. The number of carbonyl (C=O) groups excluding carboxylic acids is 1. The quantitative estimate of drug-likeness (QED) is 0.261. The van der Waals surface area contributed by atoms with Crippen LogP contribution in [-0.2, 0) is 15.9 Å². The van der Waals surface area contributed by atoms with Gasteiger partial charge in [0.2, 0.25) is 0 Å². The summed E-state index contributed by atoms with van der Waals surface area (Å²) in [4.78, 5) is 26.4. The number of methoxy groups -OCH3 is 1. The van der Waals surface area contributed by atoms with E-state index in [1.807, 2.05) is 56.1 Å². The van der Waals surface area contributed by atoms with Crippen LogP contribution in [0.25, 0.3) is 22.3 Å². The van der Waals surface area contributed by atoms with E-state index in [4.69, 9.17) is 19.2 Å². The lowest BCUT2D eigenvalue weighted by Gasteiger charge is -2.34. The molecule has 2 aliphatic heterocycles. The van der Waals surface area contributed by atoms with Gasteiger partial charge < -0.3 is 29.0 Å². The summed E-state index contributed by atoms with van der Waals surface area (Å²) < 4.78 is 16.5. The standard InChI is InChI=1S/C31H38N6O4S/c1-19-27-22-16-24(21-8-6-7-9-25(21)40-18-39-5)34-35-28(22)33-23(27)12-15-37(19)29-32-17-26(42-29)20-10-13-36(14-11-20)30(38)41-31(2,3)4/h6-9,16-17,19-20H,10-15,18H2,1-5H3,(H,33,35)/t19-/m0/s1. The van der Waals surface area contributed by atoms with Crippen LogP contribution in [0.1, 0.15) is 68.6 Å². The second-order valence-corrected chi connectivity index (χ2v) is 13.0. The first-order chi connectivity index (χ1) is 20.2. The number of hydrogen-bond acceptors (Lipinski definition) is 9. The smallest absolute Gasteiger partial charge is 0.410 e. The van der Waals surface area contributed by atoms with E-state index in [1.165, 1.54) is 16.1 Å². The number of nitrogens with one attached hydrogen (secondary N) is 1. The fourth-order valence-corrected chi connectivity index (χ4v) is 7.10. The zero-order chi connectivity index (χ0) is 29.4. The molecule has 2 aliphatic rings. The normalized spacial score (nSPS) is 17.9. The van der Waals surface area contributed by atoms with Gasteiger partial charge >= 0.3 is 6.09 Å². The molecule has 0 spiro atoms. The Morgan fingerprint density at radius 3 is 2.69 bits per heavy atom. The van der Waals surface area contributed by atoms with Crippen LogP contribution in [0.4, 0.5) is 9.93 Å². The van der Waals surface area contributed by atoms with Crippen molar-refractivity contribution in [3.05, 3.63) is 52.7 Å². The molecule has 1 amide bonds. The molecule has 0 unspecified atom stereocenters. The van der Waals surface area contributed by atoms with Crippen molar-refractivity contribution in [2.24, 2.45) is 0 Å². The first-order valence-electron chi connectivity index (χ1n) is 14.5. The van der Waals surface area contributed by atoms with E-state index in [0.29, 0.717) is 24.8 Å². The summed E-state index contributed by atoms with van der Waals surface area (Å²) in [6, 6.07) is 10.0. The molecule has 4 aromatic rings. The lowest BCUT2D eigenvalue weighted by Crippen LogP contribution is -2.41. The number of fused-ring (bicyclic) bond motifs is 3. The van der Waals surface area contributed by atoms with Crippen molar-refractivity contribution < 1.29 is 19.0 Å². The van der Waals surface area contributed by atoms with Crippen molar-refractivity contribution in [1.82, 2.24) is 25.1 Å². The van der Waals surface area contributed by atoms with Crippen LogP contribution in [0.2, 0.25) is 0 Å². The van der Waals surface area contributed by atoms with Gasteiger partial charge in [-0.15, -0.1) is 21.5 Å². The molecule has 1 atom stereocenters. The first kappa shape index (κ1) is 28.4. The molecule has 0 saturated carbocycles. The Labute approximate surface area is 250 Å². The fourth-order valence-electron chi connectivity index (χ4n) is 5.91. The van der Waals surface area contributed by atoms with Crippen molar-refractivity contribution >= 4 is 33.6 Å². The molecule has 0 aliphatic carbocycles. The number of thiazole rings is 1. The molecule has 5 heterocycles. The summed E-state index contributed by atoms with van der Waals surface area (Å²) >= 11 is 1.78. The third-order valence-corrected chi connectivity index (χ3v) is 9.16. The van der Waals surface area contributed by atoms with Crippen LogP contribution in [0.5, 0.6) is 5.75 Å². The Hall–Kier alpha value is -3.70. The first-order valence-corrected chi connectivity index (χ1v) is 15.3. The summed E-state index contributed by atoms with van der Waals surface area (Å²) in [5.41, 5.74) is 4.40. The molecule has 10 nitrogen and oxygen atoms in total. The number of carbonyl (C=O) groups is 1. The molecule has 42 heavy (non-hydrogen) atoms. The molecule has 222 valence electrons. The number of aromatic nitrogens is 4. The van der Waals surface area contributed by atoms with Crippen molar-refractivity contribution in [1.29, 1.82) is 0 Å². The maximum absolute atomic E-state index is 12.5. The average Bonchev–Trinajstić information content (AvgIpc) is 3.61. The minimum atomic E-state index is -0.479. The summed E-state index contributed by atoms with van der Waals surface area (Å²) in [5.74, 6) is 1.11. The van der Waals surface area contributed by atoms with Crippen LogP contribution in [0.15, 0.2) is 36.5 Å². The number of aromatic amines is 1. The maximum Gasteiger partial charge on any atom is 0.410 e. The Balaban J connectivity index is 1.20. The highest BCUT2D eigenvalue weighted by molar-refractivity contribution is 7.15. The second kappa shape index (κ2) is 11.5. The van der Waals surface area contributed by atoms with Gasteiger partial charge in [0.1, 0.15) is 11.4 Å². The molecular weight excluding hydrogens is 552 g/mol. The monoisotopic (exact) mass is 590 g/mol. The van der Waals surface area contributed by atoms with Crippen LogP contribution in [0.3, 0.4) is 0 Å². The fraction of sp³-hybridized carbons (Fsp3) is 0.484. The molecule has 0 radical (unpaired) electrons. The SMILES string of the molecule is COCOc1ccccc1-c1cc2c3c([nH]c2nn1)CCN(c1ncc(C2CCN(C(=O)OC(C)(C)C)CC2)s1)[C@H]3C. The van der Waals surface area contributed by atoms with Gasteiger partial charge in [-0.1, -0.05) is 12.1 Å². The highest BCUT2D eigenvalue weighted by Gasteiger charge is 2.32. The number of benzene rings is 1. The summed E-state index contributed by atoms with van der Waals surface area (Å²) in [7, 11) is 1.61. The topological polar surface area (TPSA) is 106 Å². The van der Waals surface area contributed by atoms with Crippen LogP contribution in [-0.4, -0.2) is 70.3 Å². The summed E-state index contributed by atoms with van der Waals surface area (Å²) in [6.07, 6.45) is 4.52. The van der Waals surface area contributed by atoms with E-state index < -0.39 is 5.60 Å². The molecule has 11 heteroatoms. The van der Waals surface area contributed by atoms with Gasteiger partial charge in [-0.2, -0.15) is 0 Å². The number of para-hydroxylation sites is 1. The number of likely N-dealkylation sites (tertiary alicyclic amines) is 1. The Bertz CT molecular complexity index is 1570. The van der Waals surface area contributed by atoms with Gasteiger partial charge in [0.25, 0.3) is 0 Å². The maximum atomic E-state index is 12.5. The number of nitrogens with zero attached hydrogens (tertiary/aromatic N) is 5. The molecule has 3 aromatic heterocycles. The number of ether oxygens (including phenoxy) is 3. The number of hydrogen-bond donors (Lipinski definition) is 1. The van der Waals surface area contributed by atoms with Crippen molar-refractivity contribution in [2.45, 2.75) is 64.5 Å². The minimum absolute atomic E-state index is 0.118. The number of amides is 1. The third kappa shape index (κ3) is 5.67. The van der Waals surface area contributed by atoms with E-state index in [2.05, 4.69) is 33.1 Å². The lowest BCUT2D eigenvalue weighted by molar-refractivity contribution is 0.0205. The molecule has 6 rings (SSSR count). The predicted molar refractivity (Wildman–Crippen MR) is 163 cm³/mol. The number of anilines is 1. The van der Waals surface area contributed by atoms with E-state index in [1.54, 1.807) is 18.4 Å². The van der Waals surface area contributed by atoms with Gasteiger partial charge in [0, 0.05) is 66.4 Å². The molecule has 0 bridgehead atoms. The Morgan fingerprint density at radius 2 is 1.93 bits per heavy atom. The van der Waals surface area contributed by atoms with Crippen molar-refractivity contribution in [3.63, 3.8) is 0 Å². The highest BCUT2D eigenvalue weighted by atomic mass is 32.1. The molecular formula is C31H38N6O4S. The van der Waals surface area contributed by atoms with Gasteiger partial charge in [-0.3, -0.25) is 0 Å². The summed E-state index contributed by atoms with van der Waals surface area (Å²) in [5, 5.41) is 11.2. The molecule has 1 fully saturated rings. The van der Waals surface area contributed by atoms with Gasteiger partial charge in [-0.05, 0) is 64.7 Å². The molecule has 1 saturated heterocycles. The largest absolute Gasteiger partial charge is 0.467 e. The summed E-state index contributed by atoms with van der Waals surface area (Å²) in [6.45, 7) is 10.4. The van der Waals surface area contributed by atoms with Gasteiger partial charge in [-0.25, -0.2) is 9.78 Å². The second-order valence-electron chi connectivity index (χ2n) is 12.0. The van der Waals surface area contributed by atoms with Gasteiger partial charge in [0.05, 0.1) is 11.7 Å². The van der Waals surface area contributed by atoms with E-state index in [-0.39, 0.29) is 18.9 Å². The zero-order valence-electron chi connectivity index (χ0n) is 24.8. The Morgan fingerprint density at radius 1 is 1.14 bits per heavy atom. The minimum Gasteiger partial charge on any atom is -0.467 e. The van der Waals surface area contributed by atoms with E-state index >= 15 is 0 Å². The highest BCUT2D eigenvalue weighted by Crippen LogP contribution is 2.42. The van der Waals surface area contributed by atoms with Crippen molar-refractivity contribution in [2.75, 3.05) is 38.4 Å². The van der Waals surface area contributed by atoms with Crippen LogP contribution in [0, 0.1) is 0 Å².